The molecule has 0 amide bonds. The van der Waals surface area contributed by atoms with Crippen molar-refractivity contribution in [3.63, 3.8) is 0 Å². The van der Waals surface area contributed by atoms with Crippen LogP contribution >= 0.6 is 0 Å². The molecule has 6 nitrogen and oxygen atoms in total. The molecule has 2 saturated heterocycles. The third-order valence-electron chi connectivity index (χ3n) is 5.00. The van der Waals surface area contributed by atoms with E-state index < -0.39 is 10.0 Å². The number of benzene rings is 1. The molecule has 144 valence electrons. The molecule has 2 aliphatic rings. The Morgan fingerprint density at radius 1 is 1.08 bits per heavy atom. The molecule has 0 aromatic heterocycles. The van der Waals surface area contributed by atoms with E-state index in [0.717, 1.165) is 50.4 Å². The fraction of sp³-hybridized carbons (Fsp3) is 0.632. The summed E-state index contributed by atoms with van der Waals surface area (Å²) >= 11 is 0. The fourth-order valence-electron chi connectivity index (χ4n) is 3.58. The third-order valence-corrected chi connectivity index (χ3v) is 6.90. The monoisotopic (exact) mass is 378 g/mol. The number of aliphatic imine (C=N–C) groups is 1. The summed E-state index contributed by atoms with van der Waals surface area (Å²) in [6.45, 7) is 6.72. The largest absolute Gasteiger partial charge is 0.357 e. The number of hydrogen-bond donors (Lipinski definition) is 1. The molecule has 2 heterocycles. The van der Waals surface area contributed by atoms with Gasteiger partial charge in [-0.1, -0.05) is 18.6 Å². The second-order valence-electron chi connectivity index (χ2n) is 6.98. The van der Waals surface area contributed by atoms with Gasteiger partial charge in [-0.3, -0.25) is 0 Å². The predicted octanol–water partition coefficient (Wildman–Crippen LogP) is 2.42. The lowest BCUT2D eigenvalue weighted by Gasteiger charge is -2.26. The quantitative estimate of drug-likeness (QED) is 0.631. The van der Waals surface area contributed by atoms with E-state index in [1.165, 1.54) is 12.8 Å². The zero-order valence-electron chi connectivity index (χ0n) is 15.7. The maximum absolute atomic E-state index is 12.9. The lowest BCUT2D eigenvalue weighted by Crippen LogP contribution is -2.39. The highest BCUT2D eigenvalue weighted by Gasteiger charge is 2.26. The minimum Gasteiger partial charge on any atom is -0.357 e. The van der Waals surface area contributed by atoms with E-state index in [4.69, 9.17) is 4.99 Å². The Bertz CT molecular complexity index is 721. The summed E-state index contributed by atoms with van der Waals surface area (Å²) in [5.41, 5.74) is 0.928. The highest BCUT2D eigenvalue weighted by Crippen LogP contribution is 2.21. The van der Waals surface area contributed by atoms with Crippen molar-refractivity contribution >= 4 is 16.0 Å². The number of nitrogens with one attached hydrogen (secondary N) is 1. The molecule has 0 spiro atoms. The molecule has 26 heavy (non-hydrogen) atoms. The Kier molecular flexibility index (Phi) is 6.53. The van der Waals surface area contributed by atoms with Crippen molar-refractivity contribution in [3.05, 3.63) is 29.8 Å². The molecule has 0 unspecified atom stereocenters. The van der Waals surface area contributed by atoms with Crippen LogP contribution in [0.25, 0.3) is 0 Å². The van der Waals surface area contributed by atoms with Crippen LogP contribution in [0.2, 0.25) is 0 Å². The predicted molar refractivity (Wildman–Crippen MR) is 105 cm³/mol. The van der Waals surface area contributed by atoms with Crippen molar-refractivity contribution in [3.8, 4) is 0 Å². The summed E-state index contributed by atoms with van der Waals surface area (Å²) < 4.78 is 27.3. The average Bonchev–Trinajstić information content (AvgIpc) is 3.21. The number of sulfonamides is 1. The van der Waals surface area contributed by atoms with Crippen LogP contribution in [0.4, 0.5) is 0 Å². The number of likely N-dealkylation sites (tertiary alicyclic amines) is 1. The van der Waals surface area contributed by atoms with E-state index in [0.29, 0.717) is 24.5 Å². The van der Waals surface area contributed by atoms with Crippen molar-refractivity contribution < 1.29 is 8.42 Å². The molecule has 0 saturated carbocycles. The second-order valence-corrected chi connectivity index (χ2v) is 8.91. The van der Waals surface area contributed by atoms with Crippen LogP contribution in [0.3, 0.4) is 0 Å². The van der Waals surface area contributed by atoms with Gasteiger partial charge in [0.05, 0.1) is 11.4 Å². The Labute approximate surface area is 157 Å². The van der Waals surface area contributed by atoms with Gasteiger partial charge >= 0.3 is 0 Å². The third kappa shape index (κ3) is 4.57. The molecule has 7 heteroatoms. The van der Waals surface area contributed by atoms with Crippen molar-refractivity contribution in [1.82, 2.24) is 14.5 Å². The maximum Gasteiger partial charge on any atom is 0.243 e. The van der Waals surface area contributed by atoms with Crippen LogP contribution in [0.1, 0.15) is 44.6 Å². The van der Waals surface area contributed by atoms with Crippen molar-refractivity contribution in [2.45, 2.75) is 50.5 Å². The summed E-state index contributed by atoms with van der Waals surface area (Å²) in [6.07, 6.45) is 5.42. The molecule has 0 bridgehead atoms. The first-order valence-corrected chi connectivity index (χ1v) is 11.2. The minimum atomic E-state index is -3.39. The first-order valence-electron chi connectivity index (χ1n) is 9.73. The van der Waals surface area contributed by atoms with E-state index >= 15 is 0 Å². The molecule has 0 atom stereocenters. The standard InChI is InChI=1S/C19H30N4O2S/c1-2-20-19(22-11-6-7-12-22)21-16-17-9-8-10-18(15-17)26(24,25)23-13-4-3-5-14-23/h8-10,15H,2-7,11-14,16H2,1H3,(H,20,21). The fourth-order valence-corrected chi connectivity index (χ4v) is 5.17. The number of hydrogen-bond acceptors (Lipinski definition) is 3. The number of piperidine rings is 1. The average molecular weight is 379 g/mol. The summed E-state index contributed by atoms with van der Waals surface area (Å²) in [5, 5.41) is 3.34. The summed E-state index contributed by atoms with van der Waals surface area (Å²) in [6, 6.07) is 7.25. The zero-order valence-corrected chi connectivity index (χ0v) is 16.5. The van der Waals surface area contributed by atoms with Crippen LogP contribution in [0.5, 0.6) is 0 Å². The normalized spacial score (nSPS) is 19.7. The number of nitrogens with zero attached hydrogens (tertiary/aromatic N) is 3. The van der Waals surface area contributed by atoms with Crippen LogP contribution in [0, 0.1) is 0 Å². The van der Waals surface area contributed by atoms with Gasteiger partial charge in [-0.2, -0.15) is 4.31 Å². The Hall–Kier alpha value is -1.60. The summed E-state index contributed by atoms with van der Waals surface area (Å²) in [7, 11) is -3.39. The van der Waals surface area contributed by atoms with Crippen LogP contribution in [-0.4, -0.2) is 56.3 Å². The van der Waals surface area contributed by atoms with E-state index in [-0.39, 0.29) is 0 Å². The molecular formula is C19H30N4O2S. The van der Waals surface area contributed by atoms with E-state index in [9.17, 15) is 8.42 Å². The Balaban J connectivity index is 1.75. The maximum atomic E-state index is 12.9. The van der Waals surface area contributed by atoms with E-state index in [1.807, 2.05) is 12.1 Å². The molecule has 0 aliphatic carbocycles. The minimum absolute atomic E-state index is 0.387. The zero-order chi connectivity index (χ0) is 18.4. The molecule has 2 aliphatic heterocycles. The van der Waals surface area contributed by atoms with Gasteiger partial charge in [0.1, 0.15) is 0 Å². The number of rotatable bonds is 5. The lowest BCUT2D eigenvalue weighted by atomic mass is 10.2. The highest BCUT2D eigenvalue weighted by molar-refractivity contribution is 7.89. The molecule has 1 aromatic rings. The topological polar surface area (TPSA) is 65.0 Å². The molecular weight excluding hydrogens is 348 g/mol. The Morgan fingerprint density at radius 2 is 1.77 bits per heavy atom. The molecule has 3 rings (SSSR count). The SMILES string of the molecule is CCNC(=NCc1cccc(S(=O)(=O)N2CCCCC2)c1)N1CCCC1. The van der Waals surface area contributed by atoms with Gasteiger partial charge in [0.2, 0.25) is 10.0 Å². The van der Waals surface area contributed by atoms with E-state index in [2.05, 4.69) is 17.1 Å². The highest BCUT2D eigenvalue weighted by atomic mass is 32.2. The van der Waals surface area contributed by atoms with Crippen molar-refractivity contribution in [2.75, 3.05) is 32.7 Å². The van der Waals surface area contributed by atoms with Gasteiger partial charge in [0.15, 0.2) is 5.96 Å². The van der Waals surface area contributed by atoms with Crippen LogP contribution in [-0.2, 0) is 16.6 Å². The van der Waals surface area contributed by atoms with Gasteiger partial charge in [-0.05, 0) is 50.3 Å². The molecule has 1 N–H and O–H groups in total. The summed E-state index contributed by atoms with van der Waals surface area (Å²) in [5.74, 6) is 0.925. The van der Waals surface area contributed by atoms with Gasteiger partial charge < -0.3 is 10.2 Å². The van der Waals surface area contributed by atoms with E-state index in [1.54, 1.807) is 16.4 Å². The van der Waals surface area contributed by atoms with Crippen molar-refractivity contribution in [2.24, 2.45) is 4.99 Å². The lowest BCUT2D eigenvalue weighted by molar-refractivity contribution is 0.346. The molecule has 0 radical (unpaired) electrons. The number of guanidine groups is 1. The van der Waals surface area contributed by atoms with Gasteiger partial charge in [-0.25, -0.2) is 13.4 Å². The van der Waals surface area contributed by atoms with Crippen molar-refractivity contribution in [1.29, 1.82) is 0 Å². The summed E-state index contributed by atoms with van der Waals surface area (Å²) in [4.78, 5) is 7.39. The molecule has 1 aromatic carbocycles. The van der Waals surface area contributed by atoms with Crippen LogP contribution in [0.15, 0.2) is 34.2 Å². The first kappa shape index (κ1) is 19.2. The van der Waals surface area contributed by atoms with Gasteiger partial charge in [-0.15, -0.1) is 0 Å². The second kappa shape index (κ2) is 8.86. The Morgan fingerprint density at radius 3 is 2.46 bits per heavy atom. The van der Waals surface area contributed by atoms with Crippen LogP contribution < -0.4 is 5.32 Å². The van der Waals surface area contributed by atoms with Gasteiger partial charge in [0.25, 0.3) is 0 Å². The van der Waals surface area contributed by atoms with Gasteiger partial charge in [0, 0.05) is 32.7 Å². The smallest absolute Gasteiger partial charge is 0.243 e. The molecule has 2 fully saturated rings. The first-order chi connectivity index (χ1) is 12.6.